The Balaban J connectivity index is 0.000000524. The number of fused-ring (bicyclic) bond motifs is 1. The number of aromatic nitrogens is 2. The van der Waals surface area contributed by atoms with Crippen molar-refractivity contribution >= 4 is 66.8 Å². The van der Waals surface area contributed by atoms with Crippen LogP contribution >= 0.6 is 23.1 Å². The summed E-state index contributed by atoms with van der Waals surface area (Å²) < 4.78 is 35.0. The zero-order valence-electron chi connectivity index (χ0n) is 22.5. The molecule has 2 aromatic heterocycles. The Labute approximate surface area is 250 Å². The first-order chi connectivity index (χ1) is 20.1. The van der Waals surface area contributed by atoms with E-state index in [9.17, 15) is 22.6 Å². The first kappa shape index (κ1) is 29.2. The summed E-state index contributed by atoms with van der Waals surface area (Å²) in [5, 5.41) is 6.18. The molecule has 10 nitrogen and oxygen atoms in total. The number of hydrogen-bond acceptors (Lipinski definition) is 9. The van der Waals surface area contributed by atoms with E-state index in [-0.39, 0.29) is 28.3 Å². The second-order valence-electron chi connectivity index (χ2n) is 9.05. The van der Waals surface area contributed by atoms with E-state index >= 15 is 0 Å². The van der Waals surface area contributed by atoms with Gasteiger partial charge in [0.1, 0.15) is 14.2 Å². The van der Waals surface area contributed by atoms with E-state index in [0.29, 0.717) is 14.9 Å². The quantitative estimate of drug-likeness (QED) is 0.273. The van der Waals surface area contributed by atoms with Gasteiger partial charge in [-0.15, -0.1) is 17.9 Å². The van der Waals surface area contributed by atoms with Crippen LogP contribution in [-0.2, 0) is 21.5 Å². The zero-order valence-corrected chi connectivity index (χ0v) is 25.0. The molecule has 0 spiro atoms. The first-order valence-corrected chi connectivity index (χ1v) is 15.6. The van der Waals surface area contributed by atoms with Gasteiger partial charge in [-0.2, -0.15) is 18.5 Å². The topological polar surface area (TPSA) is 125 Å². The summed E-state index contributed by atoms with van der Waals surface area (Å²) in [4.78, 5) is 33.5. The van der Waals surface area contributed by atoms with Crippen molar-refractivity contribution in [1.29, 1.82) is 0 Å². The summed E-state index contributed by atoms with van der Waals surface area (Å²) in [7, 11) is -2.56. The number of carbonyl (C=O) groups is 1. The Morgan fingerprint density at radius 1 is 1.02 bits per heavy atom. The molecule has 0 saturated heterocycles. The van der Waals surface area contributed by atoms with Gasteiger partial charge in [0, 0.05) is 30.9 Å². The van der Waals surface area contributed by atoms with Crippen LogP contribution in [0.15, 0.2) is 111 Å². The molecule has 0 atom stereocenters. The highest BCUT2D eigenvalue weighted by Gasteiger charge is 2.32. The van der Waals surface area contributed by atoms with Crippen LogP contribution in [0.5, 0.6) is 0 Å². The average molecular weight is 620 g/mol. The van der Waals surface area contributed by atoms with Gasteiger partial charge in [0.25, 0.3) is 21.6 Å². The molecular weight excluding hydrogens is 595 g/mol. The predicted octanol–water partition coefficient (Wildman–Crippen LogP) is 3.31. The molecule has 0 aliphatic carbocycles. The van der Waals surface area contributed by atoms with E-state index in [4.69, 9.17) is 0 Å². The number of amides is 1. The number of hydrogen-bond donors (Lipinski definition) is 1. The van der Waals surface area contributed by atoms with Crippen molar-refractivity contribution in [3.8, 4) is 0 Å². The largest absolute Gasteiger partial charge is 0.337 e. The third-order valence-corrected chi connectivity index (χ3v) is 9.69. The summed E-state index contributed by atoms with van der Waals surface area (Å²) in [6, 6.07) is 18.9. The molecule has 6 rings (SSSR count). The summed E-state index contributed by atoms with van der Waals surface area (Å²) in [6.07, 6.45) is 5.09. The number of benzene rings is 2. The maximum absolute atomic E-state index is 13.5. The zero-order chi connectivity index (χ0) is 30.0. The van der Waals surface area contributed by atoms with Gasteiger partial charge in [-0.25, -0.2) is 0 Å². The van der Waals surface area contributed by atoms with Crippen molar-refractivity contribution in [1.82, 2.24) is 9.55 Å². The Morgan fingerprint density at radius 2 is 1.76 bits per heavy atom. The second-order valence-corrected chi connectivity index (χ2v) is 12.5. The third-order valence-electron chi connectivity index (χ3n) is 6.29. The van der Waals surface area contributed by atoms with Crippen LogP contribution in [0.2, 0.25) is 0 Å². The van der Waals surface area contributed by atoms with E-state index in [2.05, 4.69) is 16.7 Å². The minimum Gasteiger partial charge on any atom is -0.337 e. The average Bonchev–Trinajstić information content (AvgIpc) is 3.59. The van der Waals surface area contributed by atoms with Crippen molar-refractivity contribution in [2.45, 2.75) is 23.3 Å². The number of pyridine rings is 1. The van der Waals surface area contributed by atoms with Gasteiger partial charge in [0.15, 0.2) is 0 Å². The lowest BCUT2D eigenvalue weighted by molar-refractivity contribution is -0.112. The maximum Gasteiger partial charge on any atom is 0.294 e. The van der Waals surface area contributed by atoms with E-state index in [1.54, 1.807) is 25.4 Å². The van der Waals surface area contributed by atoms with Crippen LogP contribution < -0.4 is 24.7 Å². The van der Waals surface area contributed by atoms with Crippen molar-refractivity contribution < 1.29 is 17.8 Å². The molecule has 4 aromatic rings. The molecule has 42 heavy (non-hydrogen) atoms. The van der Waals surface area contributed by atoms with Gasteiger partial charge in [0.2, 0.25) is 0 Å². The number of nitrogens with zero attached hydrogens (tertiary/aromatic N) is 5. The standard InChI is InChI=1S/C24H20N4O5S3.C5H5N/c1-4-12-27-22(30)20(24-26(3)17-10-5-6-11-18(17)34-24)35-23(27)19-14(2)25-28(21(19)29)15-8-7-9-16(13-15)36(31,32)33;1-2-4-6-5-3-1/h4-11,13H,1,12H2,2-3H3,(H,31,32,33);1-5H/b23-19-,24-20-;. The number of thioether (sulfide) groups is 1. The number of carbonyl (C=O) groups excluding carboxylic acids is 1. The minimum atomic E-state index is -4.46. The monoisotopic (exact) mass is 619 g/mol. The van der Waals surface area contributed by atoms with Gasteiger partial charge in [-0.05, 0) is 49.4 Å². The molecule has 0 bridgehead atoms. The Bertz CT molecular complexity index is 1990. The number of para-hydroxylation sites is 1. The number of rotatable bonds is 4. The molecule has 4 heterocycles. The maximum atomic E-state index is 13.5. The number of hydrazone groups is 1. The predicted molar refractivity (Wildman–Crippen MR) is 167 cm³/mol. The highest BCUT2D eigenvalue weighted by Crippen LogP contribution is 2.45. The molecule has 1 amide bonds. The van der Waals surface area contributed by atoms with Crippen molar-refractivity contribution in [3.05, 3.63) is 111 Å². The first-order valence-electron chi connectivity index (χ1n) is 12.5. The van der Waals surface area contributed by atoms with Gasteiger partial charge in [-0.3, -0.25) is 23.7 Å². The van der Waals surface area contributed by atoms with Crippen LogP contribution in [0.3, 0.4) is 0 Å². The summed E-state index contributed by atoms with van der Waals surface area (Å²) in [5.74, 6) is -0.508. The van der Waals surface area contributed by atoms with E-state index < -0.39 is 16.0 Å². The normalized spacial score (nSPS) is 17.0. The molecule has 13 heteroatoms. The van der Waals surface area contributed by atoms with Crippen molar-refractivity contribution in [2.24, 2.45) is 5.10 Å². The summed E-state index contributed by atoms with van der Waals surface area (Å²) >= 11 is 2.70. The number of allylic oxidation sites excluding steroid dienone is 1. The third kappa shape index (κ3) is 5.59. The fourth-order valence-electron chi connectivity index (χ4n) is 4.34. The van der Waals surface area contributed by atoms with Crippen molar-refractivity contribution in [3.63, 3.8) is 0 Å². The van der Waals surface area contributed by atoms with Gasteiger partial charge in [0.05, 0.1) is 27.6 Å². The molecule has 0 radical (unpaired) electrons. The Hall–Kier alpha value is -4.30. The van der Waals surface area contributed by atoms with Crippen LogP contribution in [0.4, 0.5) is 11.4 Å². The molecule has 0 unspecified atom stereocenters. The number of anilines is 2. The minimum absolute atomic E-state index is 0.176. The Morgan fingerprint density at radius 3 is 2.38 bits per heavy atom. The fraction of sp³-hybridized carbons (Fsp3) is 0.103. The smallest absolute Gasteiger partial charge is 0.294 e. The van der Waals surface area contributed by atoms with Crippen LogP contribution in [0.1, 0.15) is 6.92 Å². The van der Waals surface area contributed by atoms with Gasteiger partial charge in [-0.1, -0.05) is 42.1 Å². The van der Waals surface area contributed by atoms with Gasteiger partial charge >= 0.3 is 0 Å². The summed E-state index contributed by atoms with van der Waals surface area (Å²) in [6.45, 7) is 5.61. The second kappa shape index (κ2) is 11.9. The lowest BCUT2D eigenvalue weighted by atomic mass is 10.2. The Kier molecular flexibility index (Phi) is 8.27. The molecule has 1 N–H and O–H groups in total. The molecule has 214 valence electrons. The van der Waals surface area contributed by atoms with E-state index in [0.717, 1.165) is 20.6 Å². The highest BCUT2D eigenvalue weighted by molar-refractivity contribution is 8.08. The fourth-order valence-corrected chi connectivity index (χ4v) is 7.41. The molecule has 2 aliphatic heterocycles. The lowest BCUT2D eigenvalue weighted by Crippen LogP contribution is -2.35. The SMILES string of the molecule is C=CCn1c(=O)/c(=C2/Sc3ccccc3N2C)s/c1=C1\C(=O)N(c2cccc(S(=O)(=O)O)c2)N=C1C.c1ccncc1. The van der Waals surface area contributed by atoms with Crippen molar-refractivity contribution in [2.75, 3.05) is 17.0 Å². The molecular formula is C29H25N5O5S3. The molecule has 0 saturated carbocycles. The molecule has 2 aliphatic rings. The van der Waals surface area contributed by atoms with Gasteiger partial charge < -0.3 is 4.90 Å². The molecule has 0 fully saturated rings. The lowest BCUT2D eigenvalue weighted by Gasteiger charge is -2.12. The molecule has 2 aromatic carbocycles. The van der Waals surface area contributed by atoms with Crippen LogP contribution in [0.25, 0.3) is 10.6 Å². The van der Waals surface area contributed by atoms with Crippen LogP contribution in [0, 0.1) is 0 Å². The highest BCUT2D eigenvalue weighted by atomic mass is 32.2. The van der Waals surface area contributed by atoms with Crippen LogP contribution in [-0.4, -0.2) is 41.2 Å². The van der Waals surface area contributed by atoms with E-state index in [1.165, 1.54) is 51.9 Å². The summed E-state index contributed by atoms with van der Waals surface area (Å²) in [5.41, 5.74) is 1.55. The number of thiazole rings is 1. The van der Waals surface area contributed by atoms with E-state index in [1.807, 2.05) is 54.4 Å².